The van der Waals surface area contributed by atoms with Crippen LogP contribution in [0.3, 0.4) is 0 Å². The molecule has 2 aliphatic rings. The Morgan fingerprint density at radius 2 is 2.20 bits per heavy atom. The molecule has 0 aromatic carbocycles. The molecule has 1 fully saturated rings. The summed E-state index contributed by atoms with van der Waals surface area (Å²) in [6.45, 7) is 7.14. The van der Waals surface area contributed by atoms with E-state index in [9.17, 15) is 9.59 Å². The van der Waals surface area contributed by atoms with Crippen LogP contribution in [0.15, 0.2) is 6.20 Å². The summed E-state index contributed by atoms with van der Waals surface area (Å²) in [4.78, 5) is 36.6. The Hall–Kier alpha value is -1.83. The molecule has 2 amide bonds. The number of amides is 2. The van der Waals surface area contributed by atoms with E-state index in [1.165, 1.54) is 0 Å². The van der Waals surface area contributed by atoms with Crippen molar-refractivity contribution >= 4 is 30.6 Å². The van der Waals surface area contributed by atoms with Crippen LogP contribution in [0.4, 0.5) is 10.7 Å². The van der Waals surface area contributed by atoms with Crippen LogP contribution >= 0.6 is 12.6 Å². The van der Waals surface area contributed by atoms with E-state index in [1.807, 2.05) is 20.8 Å². The average molecular weight is 364 g/mol. The largest absolute Gasteiger partial charge is 0.444 e. The standard InChI is InChI=1S/C17H24N4O3S/c1-17(2,3)24-16(23)20-5-4-13-12(9-20)7-18-15(19-13)21-8-11(10-25)6-14(21)22/h7,11,25H,4-6,8-10H2,1-3H3. The van der Waals surface area contributed by atoms with Crippen LogP contribution in [0.1, 0.15) is 38.4 Å². The second-order valence-electron chi connectivity index (χ2n) is 7.55. The van der Waals surface area contributed by atoms with E-state index >= 15 is 0 Å². The number of thiol groups is 1. The van der Waals surface area contributed by atoms with Crippen LogP contribution < -0.4 is 4.90 Å². The quantitative estimate of drug-likeness (QED) is 0.813. The Kier molecular flexibility index (Phi) is 4.90. The highest BCUT2D eigenvalue weighted by Gasteiger charge is 2.32. The summed E-state index contributed by atoms with van der Waals surface area (Å²) in [7, 11) is 0. The van der Waals surface area contributed by atoms with Crippen molar-refractivity contribution < 1.29 is 14.3 Å². The van der Waals surface area contributed by atoms with Crippen LogP contribution in [0.5, 0.6) is 0 Å². The number of anilines is 1. The van der Waals surface area contributed by atoms with Crippen LogP contribution in [-0.2, 0) is 22.5 Å². The van der Waals surface area contributed by atoms with Crippen molar-refractivity contribution in [2.45, 2.75) is 45.8 Å². The molecule has 1 atom stereocenters. The molecule has 3 heterocycles. The first kappa shape index (κ1) is 18.0. The van der Waals surface area contributed by atoms with Gasteiger partial charge in [-0.2, -0.15) is 12.6 Å². The van der Waals surface area contributed by atoms with E-state index in [1.54, 1.807) is 16.0 Å². The van der Waals surface area contributed by atoms with Gasteiger partial charge in [0.25, 0.3) is 0 Å². The summed E-state index contributed by atoms with van der Waals surface area (Å²) in [5.41, 5.74) is 1.28. The minimum atomic E-state index is -0.517. The van der Waals surface area contributed by atoms with Gasteiger partial charge >= 0.3 is 6.09 Å². The zero-order valence-electron chi connectivity index (χ0n) is 14.9. The van der Waals surface area contributed by atoms with Crippen molar-refractivity contribution in [1.82, 2.24) is 14.9 Å². The smallest absolute Gasteiger partial charge is 0.410 e. The Balaban J connectivity index is 1.72. The maximum Gasteiger partial charge on any atom is 0.410 e. The van der Waals surface area contributed by atoms with Gasteiger partial charge in [-0.1, -0.05) is 0 Å². The van der Waals surface area contributed by atoms with Crippen molar-refractivity contribution in [3.63, 3.8) is 0 Å². The maximum atomic E-state index is 12.2. The number of fused-ring (bicyclic) bond motifs is 1. The molecule has 0 N–H and O–H groups in total. The summed E-state index contributed by atoms with van der Waals surface area (Å²) < 4.78 is 5.42. The molecule has 8 heteroatoms. The van der Waals surface area contributed by atoms with Crippen LogP contribution in [0, 0.1) is 5.92 Å². The zero-order chi connectivity index (χ0) is 18.2. The van der Waals surface area contributed by atoms with Gasteiger partial charge in [0.1, 0.15) is 5.60 Å². The molecule has 2 aliphatic heterocycles. The fourth-order valence-electron chi connectivity index (χ4n) is 3.02. The van der Waals surface area contributed by atoms with Gasteiger partial charge in [-0.05, 0) is 32.4 Å². The average Bonchev–Trinajstić information content (AvgIpc) is 2.93. The van der Waals surface area contributed by atoms with Gasteiger partial charge in [-0.3, -0.25) is 9.69 Å². The normalized spacial score (nSPS) is 20.6. The third-order valence-corrected chi connectivity index (χ3v) is 4.79. The molecular weight excluding hydrogens is 340 g/mol. The van der Waals surface area contributed by atoms with E-state index < -0.39 is 5.60 Å². The lowest BCUT2D eigenvalue weighted by atomic mass is 10.1. The highest BCUT2D eigenvalue weighted by Crippen LogP contribution is 2.25. The first-order valence-corrected chi connectivity index (χ1v) is 9.14. The number of carbonyl (C=O) groups excluding carboxylic acids is 2. The molecule has 0 saturated carbocycles. The Morgan fingerprint density at radius 1 is 1.44 bits per heavy atom. The lowest BCUT2D eigenvalue weighted by molar-refractivity contribution is -0.117. The van der Waals surface area contributed by atoms with Gasteiger partial charge in [0, 0.05) is 37.7 Å². The van der Waals surface area contributed by atoms with Crippen LogP contribution in [0.2, 0.25) is 0 Å². The lowest BCUT2D eigenvalue weighted by Crippen LogP contribution is -2.40. The topological polar surface area (TPSA) is 75.6 Å². The van der Waals surface area contributed by atoms with Crippen molar-refractivity contribution in [2.75, 3.05) is 23.7 Å². The molecule has 1 saturated heterocycles. The summed E-state index contributed by atoms with van der Waals surface area (Å²) in [5.74, 6) is 1.43. The molecule has 25 heavy (non-hydrogen) atoms. The first-order chi connectivity index (χ1) is 11.8. The molecule has 0 aliphatic carbocycles. The van der Waals surface area contributed by atoms with Gasteiger partial charge in [0.2, 0.25) is 11.9 Å². The second-order valence-corrected chi connectivity index (χ2v) is 7.92. The van der Waals surface area contributed by atoms with Crippen LogP contribution in [-0.4, -0.2) is 51.3 Å². The number of rotatable bonds is 2. The third kappa shape index (κ3) is 4.05. The molecule has 1 aromatic rings. The van der Waals surface area contributed by atoms with Gasteiger partial charge in [0.15, 0.2) is 0 Å². The third-order valence-electron chi connectivity index (χ3n) is 4.28. The van der Waals surface area contributed by atoms with Crippen molar-refractivity contribution in [2.24, 2.45) is 5.92 Å². The highest BCUT2D eigenvalue weighted by molar-refractivity contribution is 7.80. The predicted octanol–water partition coefficient (Wildman–Crippen LogP) is 2.05. The van der Waals surface area contributed by atoms with Gasteiger partial charge in [0.05, 0.1) is 12.2 Å². The highest BCUT2D eigenvalue weighted by atomic mass is 32.1. The maximum absolute atomic E-state index is 12.2. The van der Waals surface area contributed by atoms with Crippen molar-refractivity contribution in [1.29, 1.82) is 0 Å². The molecule has 0 radical (unpaired) electrons. The second kappa shape index (κ2) is 6.82. The number of aromatic nitrogens is 2. The Morgan fingerprint density at radius 3 is 2.84 bits per heavy atom. The number of ether oxygens (including phenoxy) is 1. The minimum absolute atomic E-state index is 0.0465. The van der Waals surface area contributed by atoms with E-state index in [2.05, 4.69) is 22.6 Å². The predicted molar refractivity (Wildman–Crippen MR) is 96.7 cm³/mol. The summed E-state index contributed by atoms with van der Waals surface area (Å²) in [6.07, 6.45) is 2.52. The van der Waals surface area contributed by atoms with Gasteiger partial charge in [-0.25, -0.2) is 14.8 Å². The minimum Gasteiger partial charge on any atom is -0.444 e. The van der Waals surface area contributed by atoms with Gasteiger partial charge in [-0.15, -0.1) is 0 Å². The molecule has 1 unspecified atom stereocenters. The zero-order valence-corrected chi connectivity index (χ0v) is 15.8. The Bertz CT molecular complexity index is 689. The van der Waals surface area contributed by atoms with Gasteiger partial charge < -0.3 is 9.64 Å². The van der Waals surface area contributed by atoms with E-state index in [0.29, 0.717) is 44.2 Å². The fraction of sp³-hybridized carbons (Fsp3) is 0.647. The summed E-state index contributed by atoms with van der Waals surface area (Å²) >= 11 is 4.28. The lowest BCUT2D eigenvalue weighted by Gasteiger charge is -2.31. The molecule has 0 spiro atoms. The van der Waals surface area contributed by atoms with Crippen molar-refractivity contribution in [3.05, 3.63) is 17.5 Å². The van der Waals surface area contributed by atoms with E-state index in [4.69, 9.17) is 4.74 Å². The van der Waals surface area contributed by atoms with Crippen molar-refractivity contribution in [3.8, 4) is 0 Å². The van der Waals surface area contributed by atoms with E-state index in [0.717, 1.165) is 11.3 Å². The SMILES string of the molecule is CC(C)(C)OC(=O)N1CCc2nc(N3CC(CS)CC3=O)ncc2C1. The number of hydrogen-bond donors (Lipinski definition) is 1. The summed E-state index contributed by atoms with van der Waals surface area (Å²) in [6, 6.07) is 0. The number of nitrogens with zero attached hydrogens (tertiary/aromatic N) is 4. The number of carbonyl (C=O) groups is 2. The molecule has 0 bridgehead atoms. The van der Waals surface area contributed by atoms with E-state index in [-0.39, 0.29) is 17.9 Å². The molecule has 3 rings (SSSR count). The number of hydrogen-bond acceptors (Lipinski definition) is 6. The Labute approximate surface area is 153 Å². The fourth-order valence-corrected chi connectivity index (χ4v) is 3.26. The molecular formula is C17H24N4O3S. The summed E-state index contributed by atoms with van der Waals surface area (Å²) in [5, 5.41) is 0. The molecule has 136 valence electrons. The van der Waals surface area contributed by atoms with Crippen LogP contribution in [0.25, 0.3) is 0 Å². The monoisotopic (exact) mass is 364 g/mol. The first-order valence-electron chi connectivity index (χ1n) is 8.51. The molecule has 1 aromatic heterocycles. The molecule has 7 nitrogen and oxygen atoms in total.